The average Bonchev–Trinajstić information content (AvgIpc) is 2.59. The summed E-state index contributed by atoms with van der Waals surface area (Å²) in [6.45, 7) is 10.4. The van der Waals surface area contributed by atoms with E-state index in [4.69, 9.17) is 14.6 Å². The number of carbonyl (C=O) groups is 2. The fourth-order valence-electron chi connectivity index (χ4n) is 1.29. The highest BCUT2D eigenvalue weighted by molar-refractivity contribution is 5.69. The quantitative estimate of drug-likeness (QED) is 0.623. The summed E-state index contributed by atoms with van der Waals surface area (Å²) in [7, 11) is 0. The molecule has 1 aromatic rings. The van der Waals surface area contributed by atoms with E-state index in [-0.39, 0.29) is 12.6 Å². The first-order chi connectivity index (χ1) is 12.8. The number of benzene rings is 1. The summed E-state index contributed by atoms with van der Waals surface area (Å²) in [5, 5.41) is 8.51. The van der Waals surface area contributed by atoms with Gasteiger partial charge in [-0.1, -0.05) is 50.6 Å². The normalized spacial score (nSPS) is 11.9. The number of rotatable bonds is 7. The van der Waals surface area contributed by atoms with Crippen LogP contribution in [0.25, 0.3) is 0 Å². The monoisotopic (exact) mass is 404 g/mol. The van der Waals surface area contributed by atoms with E-state index in [1.54, 1.807) is 0 Å². The van der Waals surface area contributed by atoms with Gasteiger partial charge in [-0.15, -0.1) is 0 Å². The topological polar surface area (TPSA) is 72.8 Å². The van der Waals surface area contributed by atoms with Gasteiger partial charge in [0.15, 0.2) is 0 Å². The Morgan fingerprint density at radius 1 is 1.11 bits per heavy atom. The molecule has 0 aromatic heterocycles. The number of hydrogen-bond acceptors (Lipinski definition) is 4. The van der Waals surface area contributed by atoms with E-state index in [1.165, 1.54) is 34.1 Å². The standard InChI is InChI=1S/C9H16F2O3.C9H10O2.C3H8/c1-6(7(12)13)5-14-8(2,3)9(4,10)11;1-8(10)11-7-9-5-3-2-4-6-9;1-3-2/h6H,5H2,1-4H3,(H,12,13);2-6H,7H2,1H3;3H2,1-2H3. The SMILES string of the molecule is CC(=O)OCc1ccccc1.CC(COC(C)(C)C(C)(F)F)C(=O)O.CCC. The van der Waals surface area contributed by atoms with Crippen molar-refractivity contribution in [1.82, 2.24) is 0 Å². The molecule has 0 fully saturated rings. The van der Waals surface area contributed by atoms with Gasteiger partial charge in [-0.05, 0) is 26.3 Å². The predicted molar refractivity (Wildman–Crippen MR) is 105 cm³/mol. The molecular weight excluding hydrogens is 370 g/mol. The lowest BCUT2D eigenvalue weighted by molar-refractivity contribution is -0.188. The summed E-state index contributed by atoms with van der Waals surface area (Å²) < 4.78 is 35.4. The maximum atomic E-state index is 12.9. The molecule has 0 saturated carbocycles. The summed E-state index contributed by atoms with van der Waals surface area (Å²) in [5.74, 6) is -5.07. The lowest BCUT2D eigenvalue weighted by atomic mass is 10.0. The average molecular weight is 404 g/mol. The van der Waals surface area contributed by atoms with Crippen molar-refractivity contribution in [2.45, 2.75) is 73.0 Å². The first-order valence-corrected chi connectivity index (χ1v) is 9.20. The molecule has 7 heteroatoms. The van der Waals surface area contributed by atoms with E-state index in [0.717, 1.165) is 12.5 Å². The third-order valence-corrected chi connectivity index (χ3v) is 3.46. The summed E-state index contributed by atoms with van der Waals surface area (Å²) in [5.41, 5.74) is -0.626. The van der Waals surface area contributed by atoms with Crippen LogP contribution >= 0.6 is 0 Å². The molecule has 162 valence electrons. The van der Waals surface area contributed by atoms with Gasteiger partial charge in [-0.25, -0.2) is 8.78 Å². The van der Waals surface area contributed by atoms with Crippen molar-refractivity contribution in [3.05, 3.63) is 35.9 Å². The third kappa shape index (κ3) is 14.1. The summed E-state index contributed by atoms with van der Waals surface area (Å²) >= 11 is 0. The van der Waals surface area contributed by atoms with E-state index in [9.17, 15) is 18.4 Å². The molecule has 5 nitrogen and oxygen atoms in total. The van der Waals surface area contributed by atoms with Crippen LogP contribution in [0.1, 0.15) is 60.5 Å². The number of esters is 1. The largest absolute Gasteiger partial charge is 0.481 e. The number of aliphatic carboxylic acids is 1. The van der Waals surface area contributed by atoms with Crippen molar-refractivity contribution in [3.63, 3.8) is 0 Å². The fraction of sp³-hybridized carbons (Fsp3) is 0.619. The van der Waals surface area contributed by atoms with Gasteiger partial charge in [0.25, 0.3) is 5.92 Å². The first-order valence-electron chi connectivity index (χ1n) is 9.20. The Kier molecular flexibility index (Phi) is 14.1. The molecule has 1 rings (SSSR count). The van der Waals surface area contributed by atoms with Crippen LogP contribution in [0.15, 0.2) is 30.3 Å². The zero-order valence-corrected chi connectivity index (χ0v) is 17.9. The van der Waals surface area contributed by atoms with Gasteiger partial charge < -0.3 is 14.6 Å². The smallest absolute Gasteiger partial charge is 0.308 e. The van der Waals surface area contributed by atoms with Gasteiger partial charge in [-0.2, -0.15) is 0 Å². The molecule has 1 unspecified atom stereocenters. The third-order valence-electron chi connectivity index (χ3n) is 3.46. The lowest BCUT2D eigenvalue weighted by Gasteiger charge is -2.32. The fourth-order valence-corrected chi connectivity index (χ4v) is 1.29. The van der Waals surface area contributed by atoms with Crippen LogP contribution in [0, 0.1) is 5.92 Å². The van der Waals surface area contributed by atoms with Crippen LogP contribution in [0.2, 0.25) is 0 Å². The molecule has 1 aromatic carbocycles. The van der Waals surface area contributed by atoms with Crippen LogP contribution in [0.4, 0.5) is 8.78 Å². The summed E-state index contributed by atoms with van der Waals surface area (Å²) in [6, 6.07) is 9.60. The molecule has 1 atom stereocenters. The zero-order valence-electron chi connectivity index (χ0n) is 17.9. The highest BCUT2D eigenvalue weighted by atomic mass is 19.3. The number of hydrogen-bond donors (Lipinski definition) is 1. The maximum absolute atomic E-state index is 12.9. The Bertz CT molecular complexity index is 554. The number of halogens is 2. The van der Waals surface area contributed by atoms with Crippen molar-refractivity contribution in [3.8, 4) is 0 Å². The van der Waals surface area contributed by atoms with Crippen LogP contribution in [-0.4, -0.2) is 35.2 Å². The van der Waals surface area contributed by atoms with Crippen molar-refractivity contribution in [2.24, 2.45) is 5.92 Å². The Balaban J connectivity index is 0. The van der Waals surface area contributed by atoms with Gasteiger partial charge in [0.05, 0.1) is 12.5 Å². The van der Waals surface area contributed by atoms with Crippen LogP contribution < -0.4 is 0 Å². The van der Waals surface area contributed by atoms with Crippen LogP contribution in [-0.2, 0) is 25.7 Å². The minimum absolute atomic E-state index is 0.217. The van der Waals surface area contributed by atoms with E-state index in [2.05, 4.69) is 13.8 Å². The van der Waals surface area contributed by atoms with E-state index in [1.807, 2.05) is 30.3 Å². The van der Waals surface area contributed by atoms with Gasteiger partial charge in [0.1, 0.15) is 12.2 Å². The molecule has 0 spiro atoms. The van der Waals surface area contributed by atoms with Crippen molar-refractivity contribution in [2.75, 3.05) is 6.61 Å². The van der Waals surface area contributed by atoms with Crippen molar-refractivity contribution < 1.29 is 33.0 Å². The number of carboxylic acid groups (broad SMARTS) is 1. The van der Waals surface area contributed by atoms with Gasteiger partial charge in [-0.3, -0.25) is 9.59 Å². The molecule has 0 bridgehead atoms. The van der Waals surface area contributed by atoms with E-state index in [0.29, 0.717) is 6.61 Å². The molecule has 0 aliphatic rings. The molecule has 0 heterocycles. The highest BCUT2D eigenvalue weighted by Crippen LogP contribution is 2.31. The zero-order chi connectivity index (χ0) is 22.4. The van der Waals surface area contributed by atoms with Gasteiger partial charge in [0.2, 0.25) is 0 Å². The minimum Gasteiger partial charge on any atom is -0.481 e. The Hall–Kier alpha value is -2.02. The highest BCUT2D eigenvalue weighted by Gasteiger charge is 2.43. The predicted octanol–water partition coefficient (Wildman–Crippen LogP) is 5.32. The molecule has 0 aliphatic heterocycles. The van der Waals surface area contributed by atoms with Crippen LogP contribution in [0.3, 0.4) is 0 Å². The van der Waals surface area contributed by atoms with Crippen molar-refractivity contribution >= 4 is 11.9 Å². The second-order valence-electron chi connectivity index (χ2n) is 6.92. The van der Waals surface area contributed by atoms with Gasteiger partial charge in [0, 0.05) is 13.8 Å². The first kappa shape index (κ1) is 28.2. The Morgan fingerprint density at radius 2 is 1.57 bits per heavy atom. The molecule has 1 N–H and O–H groups in total. The maximum Gasteiger partial charge on any atom is 0.308 e. The van der Waals surface area contributed by atoms with Crippen LogP contribution in [0.5, 0.6) is 0 Å². The molecule has 0 radical (unpaired) electrons. The second kappa shape index (κ2) is 14.0. The number of carboxylic acids is 1. The molecule has 28 heavy (non-hydrogen) atoms. The van der Waals surface area contributed by atoms with E-state index < -0.39 is 23.4 Å². The van der Waals surface area contributed by atoms with Gasteiger partial charge >= 0.3 is 11.9 Å². The molecule has 0 saturated heterocycles. The minimum atomic E-state index is -2.99. The molecule has 0 amide bonds. The second-order valence-corrected chi connectivity index (χ2v) is 6.92. The summed E-state index contributed by atoms with van der Waals surface area (Å²) in [4.78, 5) is 20.8. The summed E-state index contributed by atoms with van der Waals surface area (Å²) in [6.07, 6.45) is 1.25. The lowest BCUT2D eigenvalue weighted by Crippen LogP contribution is -2.44. The molecular formula is C21H34F2O5. The number of ether oxygens (including phenoxy) is 2. The Morgan fingerprint density at radius 3 is 1.93 bits per heavy atom. The molecule has 0 aliphatic carbocycles. The number of alkyl halides is 2. The number of carbonyl (C=O) groups excluding carboxylic acids is 1. The Labute approximate surface area is 167 Å². The van der Waals surface area contributed by atoms with E-state index >= 15 is 0 Å². The van der Waals surface area contributed by atoms with Crippen molar-refractivity contribution in [1.29, 1.82) is 0 Å².